The summed E-state index contributed by atoms with van der Waals surface area (Å²) in [5, 5.41) is 6.72. The number of aromatic nitrogens is 1. The van der Waals surface area contributed by atoms with Crippen molar-refractivity contribution in [2.45, 2.75) is 19.9 Å². The fraction of sp³-hybridized carbons (Fsp3) is 0.545. The number of hydrogen-bond acceptors (Lipinski definition) is 7. The van der Waals surface area contributed by atoms with E-state index in [9.17, 15) is 0 Å². The van der Waals surface area contributed by atoms with Crippen LogP contribution in [0.3, 0.4) is 0 Å². The van der Waals surface area contributed by atoms with E-state index in [1.165, 1.54) is 0 Å². The van der Waals surface area contributed by atoms with Crippen molar-refractivity contribution in [2.24, 2.45) is 4.99 Å². The summed E-state index contributed by atoms with van der Waals surface area (Å²) in [4.78, 5) is 13.7. The van der Waals surface area contributed by atoms with Crippen molar-refractivity contribution in [1.29, 1.82) is 0 Å². The second-order valence-electron chi connectivity index (χ2n) is 7.38. The van der Waals surface area contributed by atoms with Gasteiger partial charge in [0.2, 0.25) is 5.75 Å². The van der Waals surface area contributed by atoms with Crippen LogP contribution in [0.4, 0.5) is 0 Å². The molecule has 0 aliphatic carbocycles. The third kappa shape index (κ3) is 6.01. The largest absolute Gasteiger partial charge is 0.493 e. The summed E-state index contributed by atoms with van der Waals surface area (Å²) in [6, 6.07) is 4.04. The molecule has 1 aromatic heterocycles. The highest BCUT2D eigenvalue weighted by molar-refractivity contribution is 7.09. The van der Waals surface area contributed by atoms with Crippen LogP contribution < -0.4 is 19.5 Å². The fourth-order valence-electron chi connectivity index (χ4n) is 3.76. The van der Waals surface area contributed by atoms with Gasteiger partial charge in [0, 0.05) is 58.1 Å². The summed E-state index contributed by atoms with van der Waals surface area (Å²) in [5.41, 5.74) is 2.28. The summed E-state index contributed by atoms with van der Waals surface area (Å²) in [6.07, 6.45) is 0.907. The van der Waals surface area contributed by atoms with Gasteiger partial charge in [0.15, 0.2) is 17.5 Å². The van der Waals surface area contributed by atoms with E-state index < -0.39 is 0 Å². The maximum Gasteiger partial charge on any atom is 0.203 e. The monoisotopic (exact) mass is 447 g/mol. The first-order valence-corrected chi connectivity index (χ1v) is 11.3. The highest BCUT2D eigenvalue weighted by atomic mass is 32.1. The number of nitrogens with one attached hydrogen (secondary N) is 1. The predicted octanol–water partition coefficient (Wildman–Crippen LogP) is 2.41. The van der Waals surface area contributed by atoms with E-state index in [4.69, 9.17) is 14.2 Å². The van der Waals surface area contributed by atoms with Crippen molar-refractivity contribution < 1.29 is 14.2 Å². The quantitative estimate of drug-likeness (QED) is 0.492. The highest BCUT2D eigenvalue weighted by Crippen LogP contribution is 2.38. The Morgan fingerprint density at radius 1 is 1.10 bits per heavy atom. The molecular weight excluding hydrogens is 414 g/mol. The molecular formula is C22H33N5O3S. The fourth-order valence-corrected chi connectivity index (χ4v) is 4.41. The molecule has 3 rings (SSSR count). The van der Waals surface area contributed by atoms with E-state index >= 15 is 0 Å². The Hall–Kier alpha value is -2.52. The Kier molecular flexibility index (Phi) is 8.36. The standard InChI is InChI=1S/C22H33N5O3S/c1-16-25-18(15-31-16)6-7-24-22(23-2)27-10-8-26(9-11-27)14-17-12-19(28-3)21(30-5)20(13-17)29-4/h12-13,15H,6-11,14H2,1-5H3,(H,23,24). The molecule has 0 amide bonds. The number of nitrogens with zero attached hydrogens (tertiary/aromatic N) is 4. The summed E-state index contributed by atoms with van der Waals surface area (Å²) >= 11 is 1.70. The molecule has 31 heavy (non-hydrogen) atoms. The lowest BCUT2D eigenvalue weighted by atomic mass is 10.1. The number of benzene rings is 1. The third-order valence-electron chi connectivity index (χ3n) is 5.35. The van der Waals surface area contributed by atoms with Crippen LogP contribution in [0.25, 0.3) is 0 Å². The van der Waals surface area contributed by atoms with Gasteiger partial charge < -0.3 is 24.4 Å². The Bertz CT molecular complexity index is 853. The van der Waals surface area contributed by atoms with Gasteiger partial charge in [-0.1, -0.05) is 0 Å². The first kappa shape index (κ1) is 23.1. The van der Waals surface area contributed by atoms with E-state index in [-0.39, 0.29) is 0 Å². The van der Waals surface area contributed by atoms with Crippen molar-refractivity contribution in [3.63, 3.8) is 0 Å². The van der Waals surface area contributed by atoms with E-state index in [0.717, 1.165) is 67.9 Å². The van der Waals surface area contributed by atoms with Crippen LogP contribution in [-0.4, -0.2) is 81.8 Å². The molecule has 170 valence electrons. The van der Waals surface area contributed by atoms with E-state index in [1.807, 2.05) is 26.1 Å². The van der Waals surface area contributed by atoms with Crippen molar-refractivity contribution in [3.05, 3.63) is 33.8 Å². The third-order valence-corrected chi connectivity index (χ3v) is 6.17. The van der Waals surface area contributed by atoms with Crippen LogP contribution in [0.5, 0.6) is 17.2 Å². The average molecular weight is 448 g/mol. The van der Waals surface area contributed by atoms with Crippen LogP contribution in [-0.2, 0) is 13.0 Å². The van der Waals surface area contributed by atoms with Crippen LogP contribution in [0.1, 0.15) is 16.3 Å². The lowest BCUT2D eigenvalue weighted by Gasteiger charge is -2.36. The van der Waals surface area contributed by atoms with Gasteiger partial charge in [0.1, 0.15) is 0 Å². The Balaban J connectivity index is 1.51. The Morgan fingerprint density at radius 3 is 2.29 bits per heavy atom. The molecule has 0 unspecified atom stereocenters. The Labute approximate surface area is 188 Å². The number of thiazole rings is 1. The number of rotatable bonds is 8. The van der Waals surface area contributed by atoms with Crippen molar-refractivity contribution >= 4 is 17.3 Å². The summed E-state index contributed by atoms with van der Waals surface area (Å²) < 4.78 is 16.4. The van der Waals surface area contributed by atoms with E-state index in [0.29, 0.717) is 17.2 Å². The normalized spacial score (nSPS) is 15.1. The molecule has 1 aliphatic rings. The maximum atomic E-state index is 5.48. The van der Waals surface area contributed by atoms with Gasteiger partial charge in [-0.15, -0.1) is 11.3 Å². The van der Waals surface area contributed by atoms with Crippen LogP contribution >= 0.6 is 11.3 Å². The molecule has 2 aromatic rings. The van der Waals surface area contributed by atoms with Crippen LogP contribution in [0.2, 0.25) is 0 Å². The molecule has 1 saturated heterocycles. The highest BCUT2D eigenvalue weighted by Gasteiger charge is 2.21. The van der Waals surface area contributed by atoms with Gasteiger partial charge in [-0.2, -0.15) is 0 Å². The van der Waals surface area contributed by atoms with Gasteiger partial charge in [0.05, 0.1) is 32.0 Å². The summed E-state index contributed by atoms with van der Waals surface area (Å²) in [6.45, 7) is 7.49. The maximum absolute atomic E-state index is 5.48. The molecule has 0 spiro atoms. The molecule has 8 nitrogen and oxygen atoms in total. The number of piperazine rings is 1. The van der Waals surface area contributed by atoms with E-state index in [2.05, 4.69) is 30.5 Å². The van der Waals surface area contributed by atoms with Gasteiger partial charge in [-0.3, -0.25) is 9.89 Å². The predicted molar refractivity (Wildman–Crippen MR) is 125 cm³/mol. The van der Waals surface area contributed by atoms with Crippen molar-refractivity contribution in [3.8, 4) is 17.2 Å². The lowest BCUT2D eigenvalue weighted by Crippen LogP contribution is -2.52. The number of hydrogen-bond donors (Lipinski definition) is 1. The second-order valence-corrected chi connectivity index (χ2v) is 8.44. The van der Waals surface area contributed by atoms with Crippen molar-refractivity contribution in [1.82, 2.24) is 20.1 Å². The molecule has 1 aromatic carbocycles. The average Bonchev–Trinajstić information content (AvgIpc) is 3.21. The van der Waals surface area contributed by atoms with Gasteiger partial charge in [0.25, 0.3) is 0 Å². The van der Waals surface area contributed by atoms with E-state index in [1.54, 1.807) is 32.7 Å². The lowest BCUT2D eigenvalue weighted by molar-refractivity contribution is 0.172. The minimum absolute atomic E-state index is 0.626. The minimum Gasteiger partial charge on any atom is -0.493 e. The minimum atomic E-state index is 0.626. The smallest absolute Gasteiger partial charge is 0.203 e. The molecule has 1 fully saturated rings. The zero-order valence-corrected chi connectivity index (χ0v) is 19.9. The molecule has 0 radical (unpaired) electrons. The van der Waals surface area contributed by atoms with Gasteiger partial charge >= 0.3 is 0 Å². The Morgan fingerprint density at radius 2 is 1.77 bits per heavy atom. The van der Waals surface area contributed by atoms with Crippen LogP contribution in [0, 0.1) is 6.92 Å². The zero-order valence-electron chi connectivity index (χ0n) is 19.1. The number of ether oxygens (including phenoxy) is 3. The van der Waals surface area contributed by atoms with Gasteiger partial charge in [-0.25, -0.2) is 4.98 Å². The zero-order chi connectivity index (χ0) is 22.2. The molecule has 1 N–H and O–H groups in total. The number of aliphatic imine (C=N–C) groups is 1. The van der Waals surface area contributed by atoms with Gasteiger partial charge in [-0.05, 0) is 24.6 Å². The number of aryl methyl sites for hydroxylation is 1. The molecule has 9 heteroatoms. The molecule has 0 bridgehead atoms. The summed E-state index contributed by atoms with van der Waals surface area (Å²) in [7, 11) is 6.76. The second kappa shape index (κ2) is 11.2. The molecule has 1 aliphatic heterocycles. The topological polar surface area (TPSA) is 71.5 Å². The number of guanidine groups is 1. The molecule has 0 saturated carbocycles. The van der Waals surface area contributed by atoms with Crippen molar-refractivity contribution in [2.75, 3.05) is 61.1 Å². The molecule has 0 atom stereocenters. The number of methoxy groups -OCH3 is 3. The molecule has 2 heterocycles. The summed E-state index contributed by atoms with van der Waals surface area (Å²) in [5.74, 6) is 2.96. The first-order valence-electron chi connectivity index (χ1n) is 10.5. The first-order chi connectivity index (χ1) is 15.1. The SMILES string of the molecule is CN=C(NCCc1csc(C)n1)N1CCN(Cc2cc(OC)c(OC)c(OC)c2)CC1. The van der Waals surface area contributed by atoms with Crippen LogP contribution in [0.15, 0.2) is 22.5 Å².